The summed E-state index contributed by atoms with van der Waals surface area (Å²) in [5.74, 6) is 0.142. The predicted molar refractivity (Wildman–Crippen MR) is 139 cm³/mol. The fourth-order valence-corrected chi connectivity index (χ4v) is 7.06. The summed E-state index contributed by atoms with van der Waals surface area (Å²) in [5.41, 5.74) is 2.23. The van der Waals surface area contributed by atoms with Crippen molar-refractivity contribution in [3.63, 3.8) is 0 Å². The lowest BCUT2D eigenvalue weighted by Gasteiger charge is -2.39. The summed E-state index contributed by atoms with van der Waals surface area (Å²) in [6, 6.07) is 11.9. The van der Waals surface area contributed by atoms with Crippen molar-refractivity contribution in [3.8, 4) is 11.1 Å². The second kappa shape index (κ2) is 8.60. The van der Waals surface area contributed by atoms with Gasteiger partial charge in [0.25, 0.3) is 10.0 Å². The molecule has 1 amide bonds. The number of fused-ring (bicyclic) bond motifs is 1. The van der Waals surface area contributed by atoms with Crippen LogP contribution in [0.3, 0.4) is 0 Å². The summed E-state index contributed by atoms with van der Waals surface area (Å²) in [7, 11) is -3.88. The molecular formula is C26H24ClN5O3S. The van der Waals surface area contributed by atoms with E-state index in [1.165, 1.54) is 3.97 Å². The summed E-state index contributed by atoms with van der Waals surface area (Å²) >= 11 is 6.71. The summed E-state index contributed by atoms with van der Waals surface area (Å²) in [5, 5.41) is 4.14. The largest absolute Gasteiger partial charge is 0.370 e. The molecule has 0 bridgehead atoms. The van der Waals surface area contributed by atoms with Crippen molar-refractivity contribution >= 4 is 44.3 Å². The number of hydrogen-bond donors (Lipinski definition) is 1. The molecule has 8 nitrogen and oxygen atoms in total. The molecular weight excluding hydrogens is 498 g/mol. The Bertz CT molecular complexity index is 1580. The van der Waals surface area contributed by atoms with Gasteiger partial charge in [0.05, 0.1) is 21.0 Å². The quantitative estimate of drug-likeness (QED) is 0.434. The summed E-state index contributed by atoms with van der Waals surface area (Å²) in [6.07, 6.45) is 8.84. The zero-order chi connectivity index (χ0) is 24.9. The van der Waals surface area contributed by atoms with Crippen LogP contribution in [0.5, 0.6) is 0 Å². The molecule has 4 aromatic rings. The molecule has 0 saturated carbocycles. The van der Waals surface area contributed by atoms with Gasteiger partial charge >= 0.3 is 0 Å². The molecule has 0 unspecified atom stereocenters. The highest BCUT2D eigenvalue weighted by atomic mass is 35.5. The molecule has 2 aliphatic heterocycles. The van der Waals surface area contributed by atoms with Gasteiger partial charge < -0.3 is 10.2 Å². The van der Waals surface area contributed by atoms with E-state index in [2.05, 4.69) is 20.2 Å². The number of piperidine rings is 1. The predicted octanol–water partition coefficient (Wildman–Crippen LogP) is 4.10. The number of amides is 1. The van der Waals surface area contributed by atoms with Crippen LogP contribution in [0.15, 0.2) is 72.1 Å². The van der Waals surface area contributed by atoms with Crippen molar-refractivity contribution in [2.45, 2.75) is 24.2 Å². The van der Waals surface area contributed by atoms with Crippen LogP contribution in [-0.4, -0.2) is 47.9 Å². The number of nitrogens with one attached hydrogen (secondary N) is 1. The number of rotatable bonds is 4. The number of carbonyl (C=O) groups excluding carboxylic acids is 1. The van der Waals surface area contributed by atoms with Crippen LogP contribution in [0.25, 0.3) is 22.2 Å². The number of pyridine rings is 2. The number of anilines is 1. The normalized spacial score (nSPS) is 17.6. The molecule has 0 aliphatic carbocycles. The average molecular weight is 522 g/mol. The molecule has 2 fully saturated rings. The van der Waals surface area contributed by atoms with Crippen molar-refractivity contribution < 1.29 is 13.2 Å². The lowest BCUT2D eigenvalue weighted by molar-refractivity contribution is -0.128. The first-order valence-electron chi connectivity index (χ1n) is 11.8. The van der Waals surface area contributed by atoms with E-state index in [0.717, 1.165) is 37.1 Å². The topological polar surface area (TPSA) is 97.2 Å². The first-order valence-corrected chi connectivity index (χ1v) is 13.7. The highest BCUT2D eigenvalue weighted by molar-refractivity contribution is 7.90. The Morgan fingerprint density at radius 3 is 2.47 bits per heavy atom. The molecule has 6 rings (SSSR count). The van der Waals surface area contributed by atoms with Crippen molar-refractivity contribution in [2.24, 2.45) is 5.41 Å². The van der Waals surface area contributed by atoms with Crippen LogP contribution in [0.2, 0.25) is 5.02 Å². The van der Waals surface area contributed by atoms with E-state index in [1.54, 1.807) is 61.2 Å². The number of benzene rings is 1. The van der Waals surface area contributed by atoms with Crippen molar-refractivity contribution in [1.29, 1.82) is 0 Å². The number of nitrogens with zero attached hydrogens (tertiary/aromatic N) is 4. The minimum Gasteiger partial charge on any atom is -0.370 e. The van der Waals surface area contributed by atoms with E-state index >= 15 is 0 Å². The SMILES string of the molecule is O=C1NCCC12CCN(c1c(Cl)cncc1-c1cn(S(=O)(=O)c3ccccc3)c3ncccc13)CC2. The van der Waals surface area contributed by atoms with Crippen LogP contribution >= 0.6 is 11.6 Å². The Labute approximate surface area is 214 Å². The lowest BCUT2D eigenvalue weighted by Crippen LogP contribution is -2.44. The Balaban J connectivity index is 1.47. The highest BCUT2D eigenvalue weighted by Crippen LogP contribution is 2.44. The van der Waals surface area contributed by atoms with Crippen LogP contribution in [0.4, 0.5) is 5.69 Å². The van der Waals surface area contributed by atoms with Crippen LogP contribution in [0, 0.1) is 5.41 Å². The van der Waals surface area contributed by atoms with Gasteiger partial charge in [0.15, 0.2) is 5.65 Å². The average Bonchev–Trinajstić information content (AvgIpc) is 3.46. The maximum absolute atomic E-state index is 13.6. The molecule has 0 radical (unpaired) electrons. The van der Waals surface area contributed by atoms with Gasteiger partial charge in [0, 0.05) is 60.9 Å². The van der Waals surface area contributed by atoms with Gasteiger partial charge in [-0.25, -0.2) is 17.4 Å². The monoisotopic (exact) mass is 521 g/mol. The lowest BCUT2D eigenvalue weighted by atomic mass is 9.77. The third-order valence-electron chi connectivity index (χ3n) is 7.40. The molecule has 5 heterocycles. The standard InChI is InChI=1S/C26H24ClN5O3S/c27-22-16-28-15-20(23(22)31-13-9-26(10-14-31)8-12-30-25(26)33)21-17-32(24-19(21)7-4-11-29-24)36(34,35)18-5-2-1-3-6-18/h1-7,11,15-17H,8-10,12-14H2,(H,30,33). The number of halogens is 1. The molecule has 10 heteroatoms. The van der Waals surface area contributed by atoms with E-state index in [0.29, 0.717) is 34.7 Å². The maximum atomic E-state index is 13.6. The smallest absolute Gasteiger partial charge is 0.269 e. The summed E-state index contributed by atoms with van der Waals surface area (Å²) in [4.78, 5) is 23.6. The fourth-order valence-electron chi connectivity index (χ4n) is 5.43. The van der Waals surface area contributed by atoms with Gasteiger partial charge in [-0.2, -0.15) is 0 Å². The Morgan fingerprint density at radius 2 is 1.75 bits per heavy atom. The molecule has 2 saturated heterocycles. The Hall–Kier alpha value is -3.43. The molecule has 1 spiro atoms. The van der Waals surface area contributed by atoms with Crippen LogP contribution < -0.4 is 10.2 Å². The van der Waals surface area contributed by atoms with Crippen molar-refractivity contribution in [2.75, 3.05) is 24.5 Å². The summed E-state index contributed by atoms with van der Waals surface area (Å²) in [6.45, 7) is 2.06. The molecule has 1 aromatic carbocycles. The van der Waals surface area contributed by atoms with E-state index in [9.17, 15) is 13.2 Å². The number of aromatic nitrogens is 3. The highest BCUT2D eigenvalue weighted by Gasteiger charge is 2.44. The molecule has 184 valence electrons. The van der Waals surface area contributed by atoms with Gasteiger partial charge in [-0.15, -0.1) is 0 Å². The van der Waals surface area contributed by atoms with Gasteiger partial charge in [-0.05, 0) is 43.5 Å². The van der Waals surface area contributed by atoms with E-state index in [1.807, 2.05) is 6.07 Å². The van der Waals surface area contributed by atoms with E-state index in [4.69, 9.17) is 11.6 Å². The Kier molecular flexibility index (Phi) is 5.49. The van der Waals surface area contributed by atoms with Crippen LogP contribution in [-0.2, 0) is 14.8 Å². The zero-order valence-electron chi connectivity index (χ0n) is 19.4. The maximum Gasteiger partial charge on any atom is 0.269 e. The van der Waals surface area contributed by atoms with Crippen molar-refractivity contribution in [1.82, 2.24) is 19.3 Å². The second-order valence-corrected chi connectivity index (χ2v) is 11.5. The third-order valence-corrected chi connectivity index (χ3v) is 9.34. The molecule has 3 aromatic heterocycles. The minimum atomic E-state index is -3.88. The second-order valence-electron chi connectivity index (χ2n) is 9.32. The van der Waals surface area contributed by atoms with Crippen molar-refractivity contribution in [3.05, 3.63) is 72.3 Å². The first kappa shape index (κ1) is 23.0. The molecule has 0 atom stereocenters. The van der Waals surface area contributed by atoms with Gasteiger partial charge in [0.1, 0.15) is 0 Å². The number of carbonyl (C=O) groups is 1. The first-order chi connectivity index (χ1) is 17.4. The zero-order valence-corrected chi connectivity index (χ0v) is 21.0. The summed E-state index contributed by atoms with van der Waals surface area (Å²) < 4.78 is 28.3. The third kappa shape index (κ3) is 3.57. The molecule has 1 N–H and O–H groups in total. The number of hydrogen-bond acceptors (Lipinski definition) is 6. The van der Waals surface area contributed by atoms with Gasteiger partial charge in [0.2, 0.25) is 5.91 Å². The Morgan fingerprint density at radius 1 is 0.972 bits per heavy atom. The molecule has 36 heavy (non-hydrogen) atoms. The van der Waals surface area contributed by atoms with Gasteiger partial charge in [-0.3, -0.25) is 9.78 Å². The van der Waals surface area contributed by atoms with Crippen LogP contribution in [0.1, 0.15) is 19.3 Å². The van der Waals surface area contributed by atoms with E-state index in [-0.39, 0.29) is 16.2 Å². The minimum absolute atomic E-state index is 0.142. The fraction of sp³-hybridized carbons (Fsp3) is 0.269. The van der Waals surface area contributed by atoms with E-state index < -0.39 is 10.0 Å². The molecule has 2 aliphatic rings. The van der Waals surface area contributed by atoms with Gasteiger partial charge in [-0.1, -0.05) is 29.8 Å².